The third kappa shape index (κ3) is 6.20. The van der Waals surface area contributed by atoms with Crippen LogP contribution >= 0.6 is 24.2 Å². The maximum atomic E-state index is 12.0. The van der Waals surface area contributed by atoms with E-state index in [1.165, 1.54) is 11.8 Å². The number of carbonyl (C=O) groups excluding carboxylic acids is 1. The molecule has 1 aromatic rings. The third-order valence-corrected chi connectivity index (χ3v) is 4.13. The number of halogens is 1. The highest BCUT2D eigenvalue weighted by atomic mass is 35.5. The number of thioether (sulfide) groups is 1. The first-order valence-electron chi connectivity index (χ1n) is 7.01. The summed E-state index contributed by atoms with van der Waals surface area (Å²) in [5.74, 6) is 0.443. The van der Waals surface area contributed by atoms with Crippen LogP contribution < -0.4 is 10.6 Å². The fourth-order valence-corrected chi connectivity index (χ4v) is 3.18. The molecule has 1 amide bonds. The molecule has 118 valence electrons. The van der Waals surface area contributed by atoms with Crippen LogP contribution in [0.5, 0.6) is 0 Å². The van der Waals surface area contributed by atoms with E-state index in [9.17, 15) is 4.79 Å². The molecule has 2 unspecified atom stereocenters. The summed E-state index contributed by atoms with van der Waals surface area (Å²) in [6.45, 7) is 7.00. The van der Waals surface area contributed by atoms with Gasteiger partial charge in [0.25, 0.3) is 0 Å². The predicted octanol–water partition coefficient (Wildman–Crippen LogP) is 1.86. The smallest absolute Gasteiger partial charge is 0.230 e. The van der Waals surface area contributed by atoms with E-state index in [0.717, 1.165) is 30.8 Å². The van der Waals surface area contributed by atoms with E-state index in [0.29, 0.717) is 23.0 Å². The van der Waals surface area contributed by atoms with Crippen molar-refractivity contribution >= 4 is 30.1 Å². The molecule has 21 heavy (non-hydrogen) atoms. The lowest BCUT2D eigenvalue weighted by molar-refractivity contribution is -0.119. The Kier molecular flexibility index (Phi) is 7.42. The van der Waals surface area contributed by atoms with Crippen LogP contribution in [-0.2, 0) is 4.79 Å². The molecule has 5 nitrogen and oxygen atoms in total. The van der Waals surface area contributed by atoms with Crippen molar-refractivity contribution < 1.29 is 4.79 Å². The molecule has 1 fully saturated rings. The molecule has 1 aliphatic heterocycles. The van der Waals surface area contributed by atoms with Gasteiger partial charge in [0.2, 0.25) is 5.91 Å². The topological polar surface area (TPSA) is 66.9 Å². The van der Waals surface area contributed by atoms with Crippen LogP contribution in [0.25, 0.3) is 0 Å². The van der Waals surface area contributed by atoms with E-state index in [-0.39, 0.29) is 18.3 Å². The molecular weight excluding hydrogens is 308 g/mol. The first kappa shape index (κ1) is 18.2. The van der Waals surface area contributed by atoms with Gasteiger partial charge < -0.3 is 10.6 Å². The molecule has 0 bridgehead atoms. The van der Waals surface area contributed by atoms with Crippen LogP contribution in [0.3, 0.4) is 0 Å². The normalized spacial score (nSPS) is 21.5. The number of amides is 1. The largest absolute Gasteiger partial charge is 0.353 e. The number of hydrogen-bond donors (Lipinski definition) is 2. The molecule has 7 heteroatoms. The summed E-state index contributed by atoms with van der Waals surface area (Å²) in [7, 11) is 0. The van der Waals surface area contributed by atoms with Crippen LogP contribution in [0.15, 0.2) is 11.2 Å². The van der Waals surface area contributed by atoms with Crippen molar-refractivity contribution in [1.82, 2.24) is 20.6 Å². The molecule has 2 heterocycles. The fraction of sp³-hybridized carbons (Fsp3) is 0.643. The van der Waals surface area contributed by atoms with Crippen molar-refractivity contribution in [2.75, 3.05) is 12.3 Å². The Morgan fingerprint density at radius 1 is 1.43 bits per heavy atom. The van der Waals surface area contributed by atoms with Gasteiger partial charge in [0.1, 0.15) is 0 Å². The van der Waals surface area contributed by atoms with Gasteiger partial charge in [-0.25, -0.2) is 9.97 Å². The van der Waals surface area contributed by atoms with Gasteiger partial charge in [-0.3, -0.25) is 4.79 Å². The van der Waals surface area contributed by atoms with Crippen molar-refractivity contribution in [2.24, 2.45) is 0 Å². The van der Waals surface area contributed by atoms with E-state index < -0.39 is 0 Å². The SMILES string of the molecule is Cc1cc(C)nc(SCC(=O)NC2CCNC(C)C2)n1.Cl. The van der Waals surface area contributed by atoms with Gasteiger partial charge in [0.15, 0.2) is 5.16 Å². The van der Waals surface area contributed by atoms with E-state index in [1.807, 2.05) is 19.9 Å². The summed E-state index contributed by atoms with van der Waals surface area (Å²) in [4.78, 5) is 20.6. The average molecular weight is 331 g/mol. The molecular formula is C14H23ClN4OS. The van der Waals surface area contributed by atoms with E-state index in [4.69, 9.17) is 0 Å². The molecule has 2 N–H and O–H groups in total. The van der Waals surface area contributed by atoms with Gasteiger partial charge in [0.05, 0.1) is 5.75 Å². The molecule has 0 aromatic carbocycles. The van der Waals surface area contributed by atoms with Gasteiger partial charge in [-0.2, -0.15) is 0 Å². The molecule has 1 saturated heterocycles. The third-order valence-electron chi connectivity index (χ3n) is 3.28. The monoisotopic (exact) mass is 330 g/mol. The molecule has 2 atom stereocenters. The van der Waals surface area contributed by atoms with E-state index >= 15 is 0 Å². The molecule has 1 aliphatic rings. The van der Waals surface area contributed by atoms with Crippen LogP contribution in [-0.4, -0.2) is 40.3 Å². The second-order valence-electron chi connectivity index (χ2n) is 5.37. The number of rotatable bonds is 4. The quantitative estimate of drug-likeness (QED) is 0.651. The second-order valence-corrected chi connectivity index (χ2v) is 6.31. The minimum absolute atomic E-state index is 0. The minimum Gasteiger partial charge on any atom is -0.353 e. The summed E-state index contributed by atoms with van der Waals surface area (Å²) in [5.41, 5.74) is 1.88. The number of piperidine rings is 1. The van der Waals surface area contributed by atoms with Crippen LogP contribution in [0.4, 0.5) is 0 Å². The Labute approximate surface area is 136 Å². The zero-order chi connectivity index (χ0) is 14.5. The maximum absolute atomic E-state index is 12.0. The molecule has 0 aliphatic carbocycles. The number of hydrogen-bond acceptors (Lipinski definition) is 5. The summed E-state index contributed by atoms with van der Waals surface area (Å²) >= 11 is 1.40. The van der Waals surface area contributed by atoms with E-state index in [1.54, 1.807) is 0 Å². The molecule has 0 radical (unpaired) electrons. The highest BCUT2D eigenvalue weighted by Crippen LogP contribution is 2.14. The number of carbonyl (C=O) groups is 1. The number of nitrogens with one attached hydrogen (secondary N) is 2. The molecule has 0 saturated carbocycles. The van der Waals surface area contributed by atoms with Crippen molar-refractivity contribution in [1.29, 1.82) is 0 Å². The average Bonchev–Trinajstić information content (AvgIpc) is 2.35. The van der Waals surface area contributed by atoms with Crippen molar-refractivity contribution in [3.05, 3.63) is 17.5 Å². The molecule has 1 aromatic heterocycles. The van der Waals surface area contributed by atoms with Crippen molar-refractivity contribution in [2.45, 2.75) is 50.9 Å². The van der Waals surface area contributed by atoms with Crippen LogP contribution in [0.2, 0.25) is 0 Å². The Bertz CT molecular complexity index is 466. The van der Waals surface area contributed by atoms with E-state index in [2.05, 4.69) is 27.5 Å². The van der Waals surface area contributed by atoms with Gasteiger partial charge >= 0.3 is 0 Å². The lowest BCUT2D eigenvalue weighted by Gasteiger charge is -2.28. The van der Waals surface area contributed by atoms with Gasteiger partial charge in [-0.1, -0.05) is 11.8 Å². The first-order valence-corrected chi connectivity index (χ1v) is 7.99. The second kappa shape index (κ2) is 8.56. The fourth-order valence-electron chi connectivity index (χ4n) is 2.42. The molecule has 2 rings (SSSR count). The van der Waals surface area contributed by atoms with Crippen molar-refractivity contribution in [3.63, 3.8) is 0 Å². The van der Waals surface area contributed by atoms with Gasteiger partial charge in [-0.05, 0) is 46.2 Å². The van der Waals surface area contributed by atoms with Gasteiger partial charge in [0, 0.05) is 23.5 Å². The Morgan fingerprint density at radius 3 is 2.71 bits per heavy atom. The highest BCUT2D eigenvalue weighted by molar-refractivity contribution is 7.99. The Morgan fingerprint density at radius 2 is 2.10 bits per heavy atom. The number of nitrogens with zero attached hydrogens (tertiary/aromatic N) is 2. The zero-order valence-electron chi connectivity index (χ0n) is 12.7. The molecule has 0 spiro atoms. The summed E-state index contributed by atoms with van der Waals surface area (Å²) < 4.78 is 0. The lowest BCUT2D eigenvalue weighted by atomic mass is 10.0. The van der Waals surface area contributed by atoms with Gasteiger partial charge in [-0.15, -0.1) is 12.4 Å². The number of aromatic nitrogens is 2. The lowest BCUT2D eigenvalue weighted by Crippen LogP contribution is -2.47. The van der Waals surface area contributed by atoms with Crippen molar-refractivity contribution in [3.8, 4) is 0 Å². The summed E-state index contributed by atoms with van der Waals surface area (Å²) in [6, 6.07) is 2.70. The zero-order valence-corrected chi connectivity index (χ0v) is 14.3. The summed E-state index contributed by atoms with van der Waals surface area (Å²) in [5, 5.41) is 7.15. The Balaban J connectivity index is 0.00000220. The Hall–Kier alpha value is -0.850. The number of aryl methyl sites for hydroxylation is 2. The van der Waals surface area contributed by atoms with Crippen LogP contribution in [0, 0.1) is 13.8 Å². The minimum atomic E-state index is 0. The van der Waals surface area contributed by atoms with Crippen LogP contribution in [0.1, 0.15) is 31.2 Å². The first-order chi connectivity index (χ1) is 9.52. The predicted molar refractivity (Wildman–Crippen MR) is 88.1 cm³/mol. The standard InChI is InChI=1S/C14H22N4OS.ClH/c1-9-7-12(4-5-15-9)18-13(19)8-20-14-16-10(2)6-11(3)17-14;/h6,9,12,15H,4-5,7-8H2,1-3H3,(H,18,19);1H. The highest BCUT2D eigenvalue weighted by Gasteiger charge is 2.19. The summed E-state index contributed by atoms with van der Waals surface area (Å²) in [6.07, 6.45) is 2.00. The maximum Gasteiger partial charge on any atom is 0.230 e.